The standard InChI is InChI=1S/C23H22N4O4S/c28-27(29)16-6-3-5-15(13-16)19-9-10-20(31-19)22-21(18-8-1-2-11-24-18)25-23(32)26(22)14-17-7-4-12-30-17/h1-3,5-6,8-11,13,17,21-22H,4,7,12,14H2,(H,25,32)/t17-,21+,22-/m0/s1. The zero-order valence-corrected chi connectivity index (χ0v) is 18.0. The molecule has 2 aromatic heterocycles. The van der Waals surface area contributed by atoms with E-state index in [1.54, 1.807) is 18.3 Å². The number of nitrogens with zero attached hydrogens (tertiary/aromatic N) is 3. The third kappa shape index (κ3) is 3.96. The molecule has 0 bridgehead atoms. The van der Waals surface area contributed by atoms with Crippen molar-refractivity contribution in [3.05, 3.63) is 82.4 Å². The summed E-state index contributed by atoms with van der Waals surface area (Å²) in [5.74, 6) is 1.28. The van der Waals surface area contributed by atoms with Crippen LogP contribution in [-0.4, -0.2) is 39.2 Å². The molecule has 2 fully saturated rings. The average Bonchev–Trinajstić information content (AvgIpc) is 3.56. The summed E-state index contributed by atoms with van der Waals surface area (Å²) >= 11 is 5.69. The Kier molecular flexibility index (Phi) is 5.59. The maximum absolute atomic E-state index is 11.2. The molecule has 1 aromatic carbocycles. The van der Waals surface area contributed by atoms with Crippen LogP contribution in [0.25, 0.3) is 11.3 Å². The molecule has 164 valence electrons. The molecule has 0 radical (unpaired) electrons. The van der Waals surface area contributed by atoms with Crippen LogP contribution < -0.4 is 5.32 Å². The number of pyridine rings is 1. The SMILES string of the molecule is O=[N+]([O-])c1cccc(-c2ccc([C@H]3[C@@H](c4ccccn4)NC(=S)N3C[C@@H]3CCCO3)o2)c1. The van der Waals surface area contributed by atoms with Crippen LogP contribution in [-0.2, 0) is 4.74 Å². The number of hydrogen-bond acceptors (Lipinski definition) is 6. The lowest BCUT2D eigenvalue weighted by Gasteiger charge is -2.28. The summed E-state index contributed by atoms with van der Waals surface area (Å²) in [6.07, 6.45) is 3.92. The number of thiocarbonyl (C=S) groups is 1. The second kappa shape index (κ2) is 8.68. The van der Waals surface area contributed by atoms with Gasteiger partial charge in [-0.3, -0.25) is 15.1 Å². The molecule has 8 nitrogen and oxygen atoms in total. The number of rotatable bonds is 6. The molecular formula is C23H22N4O4S. The summed E-state index contributed by atoms with van der Waals surface area (Å²) in [6, 6.07) is 15.6. The molecule has 9 heteroatoms. The Balaban J connectivity index is 1.50. The van der Waals surface area contributed by atoms with E-state index in [0.29, 0.717) is 28.7 Å². The maximum atomic E-state index is 11.2. The Hall–Kier alpha value is -3.30. The molecule has 2 saturated heterocycles. The number of ether oxygens (including phenoxy) is 1. The largest absolute Gasteiger partial charge is 0.459 e. The van der Waals surface area contributed by atoms with Gasteiger partial charge in [-0.25, -0.2) is 0 Å². The minimum absolute atomic E-state index is 0.0236. The number of nitro benzene ring substituents is 1. The molecule has 0 aliphatic carbocycles. The van der Waals surface area contributed by atoms with Gasteiger partial charge in [-0.05, 0) is 49.3 Å². The van der Waals surface area contributed by atoms with Gasteiger partial charge in [-0.2, -0.15) is 0 Å². The molecular weight excluding hydrogens is 428 g/mol. The van der Waals surface area contributed by atoms with Crippen LogP contribution in [0.2, 0.25) is 0 Å². The minimum atomic E-state index is -0.410. The van der Waals surface area contributed by atoms with E-state index >= 15 is 0 Å². The number of furan rings is 1. The van der Waals surface area contributed by atoms with Crippen LogP contribution >= 0.6 is 12.2 Å². The lowest BCUT2D eigenvalue weighted by atomic mass is 10.0. The first-order valence-corrected chi connectivity index (χ1v) is 11.0. The summed E-state index contributed by atoms with van der Waals surface area (Å²) in [7, 11) is 0. The number of nitro groups is 1. The first-order chi connectivity index (χ1) is 15.6. The zero-order chi connectivity index (χ0) is 22.1. The summed E-state index contributed by atoms with van der Waals surface area (Å²) in [5.41, 5.74) is 1.54. The highest BCUT2D eigenvalue weighted by molar-refractivity contribution is 7.80. The molecule has 32 heavy (non-hydrogen) atoms. The van der Waals surface area contributed by atoms with Gasteiger partial charge in [0.2, 0.25) is 0 Å². The minimum Gasteiger partial charge on any atom is -0.459 e. The van der Waals surface area contributed by atoms with E-state index in [0.717, 1.165) is 25.1 Å². The Morgan fingerprint density at radius 1 is 1.22 bits per heavy atom. The normalized spacial score (nSPS) is 22.8. The molecule has 2 aliphatic rings. The van der Waals surface area contributed by atoms with Crippen molar-refractivity contribution in [3.63, 3.8) is 0 Å². The third-order valence-electron chi connectivity index (χ3n) is 5.88. The van der Waals surface area contributed by atoms with Crippen molar-refractivity contribution in [3.8, 4) is 11.3 Å². The van der Waals surface area contributed by atoms with Crippen LogP contribution in [0.1, 0.15) is 36.4 Å². The van der Waals surface area contributed by atoms with E-state index in [-0.39, 0.29) is 23.9 Å². The van der Waals surface area contributed by atoms with E-state index in [4.69, 9.17) is 21.4 Å². The predicted molar refractivity (Wildman–Crippen MR) is 122 cm³/mol. The fraction of sp³-hybridized carbons (Fsp3) is 0.304. The number of hydrogen-bond donors (Lipinski definition) is 1. The summed E-state index contributed by atoms with van der Waals surface area (Å²) in [5, 5.41) is 15.2. The lowest BCUT2D eigenvalue weighted by Crippen LogP contribution is -2.36. The van der Waals surface area contributed by atoms with E-state index in [2.05, 4.69) is 15.2 Å². The predicted octanol–water partition coefficient (Wildman–Crippen LogP) is 4.40. The van der Waals surface area contributed by atoms with Crippen LogP contribution in [0.3, 0.4) is 0 Å². The first-order valence-electron chi connectivity index (χ1n) is 10.5. The van der Waals surface area contributed by atoms with E-state index in [9.17, 15) is 10.1 Å². The van der Waals surface area contributed by atoms with Crippen LogP contribution in [0, 0.1) is 10.1 Å². The fourth-order valence-electron chi connectivity index (χ4n) is 4.36. The molecule has 3 atom stereocenters. The fourth-order valence-corrected chi connectivity index (χ4v) is 4.67. The topological polar surface area (TPSA) is 93.7 Å². The molecule has 2 aliphatic heterocycles. The van der Waals surface area contributed by atoms with Crippen LogP contribution in [0.4, 0.5) is 5.69 Å². The van der Waals surface area contributed by atoms with E-state index in [1.807, 2.05) is 30.3 Å². The number of benzene rings is 1. The number of non-ortho nitro benzene ring substituents is 1. The van der Waals surface area contributed by atoms with Crippen molar-refractivity contribution in [1.82, 2.24) is 15.2 Å². The number of aromatic nitrogens is 1. The summed E-state index contributed by atoms with van der Waals surface area (Å²) in [6.45, 7) is 1.43. The van der Waals surface area contributed by atoms with Crippen molar-refractivity contribution in [1.29, 1.82) is 0 Å². The Morgan fingerprint density at radius 2 is 2.12 bits per heavy atom. The van der Waals surface area contributed by atoms with Crippen LogP contribution in [0.15, 0.2) is 65.2 Å². The highest BCUT2D eigenvalue weighted by Crippen LogP contribution is 2.41. The lowest BCUT2D eigenvalue weighted by molar-refractivity contribution is -0.384. The van der Waals surface area contributed by atoms with Gasteiger partial charge < -0.3 is 19.4 Å². The van der Waals surface area contributed by atoms with Crippen LogP contribution in [0.5, 0.6) is 0 Å². The number of nitrogens with one attached hydrogen (secondary N) is 1. The van der Waals surface area contributed by atoms with Gasteiger partial charge in [-0.1, -0.05) is 18.2 Å². The van der Waals surface area contributed by atoms with Gasteiger partial charge >= 0.3 is 0 Å². The Bertz CT molecular complexity index is 1130. The monoisotopic (exact) mass is 450 g/mol. The molecule has 1 N–H and O–H groups in total. The van der Waals surface area contributed by atoms with Gasteiger partial charge in [0.1, 0.15) is 17.6 Å². The zero-order valence-electron chi connectivity index (χ0n) is 17.2. The average molecular weight is 451 g/mol. The second-order valence-electron chi connectivity index (χ2n) is 7.92. The summed E-state index contributed by atoms with van der Waals surface area (Å²) in [4.78, 5) is 17.4. The molecule has 3 aromatic rings. The molecule has 0 amide bonds. The van der Waals surface area contributed by atoms with E-state index in [1.165, 1.54) is 12.1 Å². The second-order valence-corrected chi connectivity index (χ2v) is 8.31. The molecule has 5 rings (SSSR count). The van der Waals surface area contributed by atoms with Gasteiger partial charge in [0, 0.05) is 37.0 Å². The molecule has 0 saturated carbocycles. The van der Waals surface area contributed by atoms with Crippen molar-refractivity contribution >= 4 is 23.0 Å². The highest BCUT2D eigenvalue weighted by atomic mass is 32.1. The van der Waals surface area contributed by atoms with Crippen molar-refractivity contribution in [2.24, 2.45) is 0 Å². The molecule has 0 spiro atoms. The van der Waals surface area contributed by atoms with Gasteiger partial charge in [-0.15, -0.1) is 0 Å². The highest BCUT2D eigenvalue weighted by Gasteiger charge is 2.42. The third-order valence-corrected chi connectivity index (χ3v) is 6.23. The van der Waals surface area contributed by atoms with Gasteiger partial charge in [0.05, 0.1) is 22.8 Å². The summed E-state index contributed by atoms with van der Waals surface area (Å²) < 4.78 is 12.1. The van der Waals surface area contributed by atoms with E-state index < -0.39 is 4.92 Å². The smallest absolute Gasteiger partial charge is 0.270 e. The Morgan fingerprint density at radius 3 is 2.88 bits per heavy atom. The first kappa shape index (κ1) is 20.6. The quantitative estimate of drug-likeness (QED) is 0.336. The molecule has 4 heterocycles. The van der Waals surface area contributed by atoms with Gasteiger partial charge in [0.15, 0.2) is 5.11 Å². The van der Waals surface area contributed by atoms with Crippen molar-refractivity contribution < 1.29 is 14.1 Å². The van der Waals surface area contributed by atoms with Crippen molar-refractivity contribution in [2.45, 2.75) is 31.0 Å². The Labute approximate surface area is 190 Å². The maximum Gasteiger partial charge on any atom is 0.270 e. The molecule has 0 unspecified atom stereocenters. The van der Waals surface area contributed by atoms with Gasteiger partial charge in [0.25, 0.3) is 5.69 Å². The van der Waals surface area contributed by atoms with Crippen molar-refractivity contribution in [2.75, 3.05) is 13.2 Å².